The van der Waals surface area contributed by atoms with E-state index in [1.165, 1.54) is 37.7 Å². The van der Waals surface area contributed by atoms with Crippen LogP contribution in [0.15, 0.2) is 11.6 Å². The number of ether oxygens (including phenoxy) is 1. The number of fused-ring (bicyclic) bond motifs is 5. The Hall–Kier alpha value is -0.390. The van der Waals surface area contributed by atoms with E-state index in [4.69, 9.17) is 13.8 Å². The minimum absolute atomic E-state index is 0.0259. The maximum atomic E-state index is 13.0. The fraction of sp³-hybridized carbons (Fsp3) is 0.939. The molecule has 0 aromatic rings. The van der Waals surface area contributed by atoms with Crippen LogP contribution in [0.5, 0.6) is 0 Å². The Morgan fingerprint density at radius 2 is 1.77 bits per heavy atom. The monoisotopic (exact) mass is 644 g/mol. The normalized spacial score (nSPS) is 46.3. The quantitative estimate of drug-likeness (QED) is 0.148. The zero-order chi connectivity index (χ0) is 32.2. The average Bonchev–Trinajstić information content (AvgIpc) is 3.30. The topological polar surface area (TPSA) is 166 Å². The summed E-state index contributed by atoms with van der Waals surface area (Å²) in [4.78, 5) is 10.6. The highest BCUT2D eigenvalue weighted by Crippen LogP contribution is 2.67. The standard InChI is InChI=1S/C33H57O10P/c1-19(7-6-14-31(2,3)38)23-10-11-24-22-9-8-20-17-21(12-15-32(20,4)25(22)13-16-33(23,24)5)42-44(39,40)43-30-29(37)28(36)27(35)26(18-34)41-30/h8,19,21-30,34-38H,6-7,9-18H2,1-5H3,(H,39,40)/t19-,21+,22+,23-,24+,25+,26-,27-,28+,29-,30-,32+,33-/m1/s1. The number of hydrogen-bond donors (Lipinski definition) is 6. The highest BCUT2D eigenvalue weighted by molar-refractivity contribution is 7.47. The van der Waals surface area contributed by atoms with Gasteiger partial charge in [-0.05, 0) is 112 Å². The van der Waals surface area contributed by atoms with Crippen molar-refractivity contribution in [2.24, 2.45) is 40.4 Å². The van der Waals surface area contributed by atoms with Gasteiger partial charge in [0.05, 0.1) is 18.3 Å². The second kappa shape index (κ2) is 12.9. The van der Waals surface area contributed by atoms with Gasteiger partial charge in [-0.3, -0.25) is 9.05 Å². The molecule has 1 heterocycles. The molecular formula is C33H57O10P. The Kier molecular flexibility index (Phi) is 10.2. The van der Waals surface area contributed by atoms with Gasteiger partial charge in [0.15, 0.2) is 6.29 Å². The van der Waals surface area contributed by atoms with Crippen molar-refractivity contribution in [3.63, 3.8) is 0 Å². The van der Waals surface area contributed by atoms with E-state index in [1.54, 1.807) is 0 Å². The van der Waals surface area contributed by atoms with Gasteiger partial charge < -0.3 is 35.2 Å². The molecule has 10 nitrogen and oxygen atoms in total. The number of phosphoric acid groups is 1. The lowest BCUT2D eigenvalue weighted by atomic mass is 9.47. The molecule has 0 amide bonds. The van der Waals surface area contributed by atoms with Crippen LogP contribution in [0, 0.1) is 40.4 Å². The molecule has 14 atom stereocenters. The molecule has 3 saturated carbocycles. The highest BCUT2D eigenvalue weighted by Gasteiger charge is 2.59. The number of hydrogen-bond acceptors (Lipinski definition) is 9. The molecule has 5 aliphatic rings. The van der Waals surface area contributed by atoms with E-state index >= 15 is 0 Å². The van der Waals surface area contributed by atoms with Crippen LogP contribution < -0.4 is 0 Å². The van der Waals surface area contributed by atoms with Crippen LogP contribution in [0.4, 0.5) is 0 Å². The molecule has 6 N–H and O–H groups in total. The zero-order valence-electron chi connectivity index (χ0n) is 27.2. The maximum Gasteiger partial charge on any atom is 0.474 e. The Morgan fingerprint density at radius 3 is 2.45 bits per heavy atom. The first-order chi connectivity index (χ1) is 20.5. The fourth-order valence-corrected chi connectivity index (χ4v) is 11.3. The van der Waals surface area contributed by atoms with Crippen LogP contribution in [-0.4, -0.2) is 79.4 Å². The summed E-state index contributed by atoms with van der Waals surface area (Å²) in [5, 5.41) is 49.8. The summed E-state index contributed by atoms with van der Waals surface area (Å²) >= 11 is 0. The summed E-state index contributed by atoms with van der Waals surface area (Å²) in [6.07, 6.45) is 4.87. The van der Waals surface area contributed by atoms with Crippen molar-refractivity contribution >= 4 is 7.82 Å². The lowest BCUT2D eigenvalue weighted by Crippen LogP contribution is -2.59. The van der Waals surface area contributed by atoms with Gasteiger partial charge in [0.2, 0.25) is 0 Å². The van der Waals surface area contributed by atoms with Crippen molar-refractivity contribution in [3.05, 3.63) is 11.6 Å². The molecule has 1 saturated heterocycles. The molecule has 4 fully saturated rings. The highest BCUT2D eigenvalue weighted by atomic mass is 31.2. The van der Waals surface area contributed by atoms with Crippen molar-refractivity contribution in [2.75, 3.05) is 6.61 Å². The van der Waals surface area contributed by atoms with Crippen LogP contribution >= 0.6 is 7.82 Å². The number of allylic oxidation sites excluding steroid dienone is 1. The van der Waals surface area contributed by atoms with E-state index in [0.717, 1.165) is 31.6 Å². The van der Waals surface area contributed by atoms with Crippen LogP contribution in [0.1, 0.15) is 105 Å². The van der Waals surface area contributed by atoms with Gasteiger partial charge in [0, 0.05) is 0 Å². The van der Waals surface area contributed by atoms with Crippen LogP contribution in [0.2, 0.25) is 0 Å². The van der Waals surface area contributed by atoms with Gasteiger partial charge in [-0.1, -0.05) is 45.3 Å². The third-order valence-corrected chi connectivity index (χ3v) is 13.7. The molecule has 1 unspecified atom stereocenters. The smallest absolute Gasteiger partial charge is 0.394 e. The molecule has 0 aromatic carbocycles. The average molecular weight is 645 g/mol. The third-order valence-electron chi connectivity index (χ3n) is 12.6. The van der Waals surface area contributed by atoms with Crippen molar-refractivity contribution in [1.82, 2.24) is 0 Å². The van der Waals surface area contributed by atoms with Crippen molar-refractivity contribution in [3.8, 4) is 0 Å². The van der Waals surface area contributed by atoms with Gasteiger partial charge in [0.25, 0.3) is 0 Å². The predicted molar refractivity (Wildman–Crippen MR) is 164 cm³/mol. The zero-order valence-corrected chi connectivity index (χ0v) is 28.1. The van der Waals surface area contributed by atoms with Crippen molar-refractivity contribution < 1.29 is 48.8 Å². The van der Waals surface area contributed by atoms with Gasteiger partial charge >= 0.3 is 7.82 Å². The van der Waals surface area contributed by atoms with Gasteiger partial charge in [-0.15, -0.1) is 0 Å². The summed E-state index contributed by atoms with van der Waals surface area (Å²) in [7, 11) is -4.71. The molecule has 11 heteroatoms. The van der Waals surface area contributed by atoms with E-state index in [1.807, 2.05) is 13.8 Å². The molecule has 44 heavy (non-hydrogen) atoms. The lowest BCUT2D eigenvalue weighted by molar-refractivity contribution is -0.281. The van der Waals surface area contributed by atoms with Crippen LogP contribution in [0.25, 0.3) is 0 Å². The van der Waals surface area contributed by atoms with Crippen molar-refractivity contribution in [2.45, 2.75) is 148 Å². The SMILES string of the molecule is C[C@H](CCCC(C)(C)O)[C@H]1CC[C@H]2[C@@H]3CC=C4C[C@@H](OP(=O)(O)O[C@H]5O[C@H](CO)[C@@H](O)[C@H](O)[C@H]5O)CC[C@]4(C)[C@H]3CC[C@]12C. The van der Waals surface area contributed by atoms with Crippen LogP contribution in [0.3, 0.4) is 0 Å². The Labute approximate surface area is 262 Å². The molecule has 1 aliphatic heterocycles. The number of phosphoric ester groups is 1. The predicted octanol–water partition coefficient (Wildman–Crippen LogP) is 4.44. The first-order valence-electron chi connectivity index (χ1n) is 16.9. The third kappa shape index (κ3) is 6.78. The van der Waals surface area contributed by atoms with E-state index in [0.29, 0.717) is 41.9 Å². The first kappa shape index (κ1) is 34.9. The van der Waals surface area contributed by atoms with Gasteiger partial charge in [-0.25, -0.2) is 4.57 Å². The number of aliphatic hydroxyl groups is 5. The Balaban J connectivity index is 1.21. The fourth-order valence-electron chi connectivity index (χ4n) is 10.2. The minimum Gasteiger partial charge on any atom is -0.394 e. The summed E-state index contributed by atoms with van der Waals surface area (Å²) in [5.41, 5.74) is 1.07. The second-order valence-corrected chi connectivity index (χ2v) is 17.3. The Morgan fingerprint density at radius 1 is 1.05 bits per heavy atom. The van der Waals surface area contributed by atoms with Gasteiger partial charge in [-0.2, -0.15) is 0 Å². The molecule has 0 spiro atoms. The molecule has 0 radical (unpaired) electrons. The summed E-state index contributed by atoms with van der Waals surface area (Å²) in [6, 6.07) is 0. The Bertz CT molecular complexity index is 1090. The molecule has 0 aromatic heterocycles. The van der Waals surface area contributed by atoms with E-state index in [9.17, 15) is 35.0 Å². The molecule has 0 bridgehead atoms. The molecule has 5 rings (SSSR count). The molecule has 254 valence electrons. The van der Waals surface area contributed by atoms with E-state index in [-0.39, 0.29) is 5.41 Å². The summed E-state index contributed by atoms with van der Waals surface area (Å²) < 4.78 is 29.0. The largest absolute Gasteiger partial charge is 0.474 e. The van der Waals surface area contributed by atoms with E-state index in [2.05, 4.69) is 26.8 Å². The van der Waals surface area contributed by atoms with Crippen LogP contribution in [-0.2, 0) is 18.3 Å². The molecular weight excluding hydrogens is 587 g/mol. The summed E-state index contributed by atoms with van der Waals surface area (Å²) in [6.45, 7) is 10.5. The molecule has 4 aliphatic carbocycles. The minimum atomic E-state index is -4.71. The summed E-state index contributed by atoms with van der Waals surface area (Å²) in [5.74, 6) is 3.31. The first-order valence-corrected chi connectivity index (χ1v) is 18.4. The second-order valence-electron chi connectivity index (χ2n) is 15.9. The van der Waals surface area contributed by atoms with Gasteiger partial charge in [0.1, 0.15) is 24.4 Å². The van der Waals surface area contributed by atoms with Crippen molar-refractivity contribution in [1.29, 1.82) is 0 Å². The number of aliphatic hydroxyl groups excluding tert-OH is 4. The number of rotatable bonds is 10. The van der Waals surface area contributed by atoms with E-state index < -0.39 is 56.8 Å². The maximum absolute atomic E-state index is 13.0. The lowest BCUT2D eigenvalue weighted by Gasteiger charge is -2.58.